The van der Waals surface area contributed by atoms with Crippen molar-refractivity contribution >= 4 is 35.0 Å². The Balaban J connectivity index is 1.72. The first-order valence-corrected chi connectivity index (χ1v) is 9.46. The zero-order valence-electron chi connectivity index (χ0n) is 15.1. The molecule has 0 saturated carbocycles. The average molecular weight is 404 g/mol. The fourth-order valence-corrected chi connectivity index (χ4v) is 3.39. The monoisotopic (exact) mass is 403 g/mol. The van der Waals surface area contributed by atoms with E-state index >= 15 is 0 Å². The Kier molecular flexibility index (Phi) is 5.98. The van der Waals surface area contributed by atoms with Gasteiger partial charge in [-0.2, -0.15) is 4.68 Å². The van der Waals surface area contributed by atoms with E-state index in [4.69, 9.17) is 16.3 Å². The summed E-state index contributed by atoms with van der Waals surface area (Å²) in [6, 6.07) is 11.2. The fourth-order valence-electron chi connectivity index (χ4n) is 2.42. The van der Waals surface area contributed by atoms with Gasteiger partial charge in [0.05, 0.1) is 23.6 Å². The van der Waals surface area contributed by atoms with Gasteiger partial charge < -0.3 is 10.1 Å². The summed E-state index contributed by atoms with van der Waals surface area (Å²) in [6.45, 7) is 3.91. The summed E-state index contributed by atoms with van der Waals surface area (Å²) in [5.41, 5.74) is 3.36. The van der Waals surface area contributed by atoms with Crippen molar-refractivity contribution in [1.29, 1.82) is 0 Å². The highest BCUT2D eigenvalue weighted by Gasteiger charge is 2.15. The molecule has 0 saturated heterocycles. The Hall–Kier alpha value is -2.58. The lowest BCUT2D eigenvalue weighted by Gasteiger charge is -2.10. The van der Waals surface area contributed by atoms with Gasteiger partial charge in [-0.25, -0.2) is 0 Å². The summed E-state index contributed by atoms with van der Waals surface area (Å²) in [7, 11) is 1.59. The Morgan fingerprint density at radius 3 is 2.70 bits per heavy atom. The maximum atomic E-state index is 12.3. The van der Waals surface area contributed by atoms with E-state index in [0.29, 0.717) is 27.3 Å². The molecule has 0 aliphatic rings. The molecule has 0 fully saturated rings. The van der Waals surface area contributed by atoms with Gasteiger partial charge >= 0.3 is 0 Å². The predicted octanol–water partition coefficient (Wildman–Crippen LogP) is 3.67. The number of nitrogens with zero attached hydrogens (tertiary/aromatic N) is 4. The Labute approximate surface area is 166 Å². The number of carbonyl (C=O) groups is 1. The molecule has 1 heterocycles. The Bertz CT molecular complexity index is 976. The Morgan fingerprint density at radius 1 is 1.22 bits per heavy atom. The molecule has 3 aromatic rings. The van der Waals surface area contributed by atoms with Crippen LogP contribution < -0.4 is 10.1 Å². The zero-order chi connectivity index (χ0) is 19.4. The van der Waals surface area contributed by atoms with Gasteiger partial charge in [0.25, 0.3) is 0 Å². The van der Waals surface area contributed by atoms with Gasteiger partial charge in [0.15, 0.2) is 0 Å². The highest BCUT2D eigenvalue weighted by molar-refractivity contribution is 7.99. The van der Waals surface area contributed by atoms with Crippen LogP contribution in [0.15, 0.2) is 41.6 Å². The van der Waals surface area contributed by atoms with E-state index < -0.39 is 0 Å². The van der Waals surface area contributed by atoms with Crippen LogP contribution in [-0.2, 0) is 4.79 Å². The number of aryl methyl sites for hydroxylation is 2. The summed E-state index contributed by atoms with van der Waals surface area (Å²) >= 11 is 7.38. The van der Waals surface area contributed by atoms with E-state index in [2.05, 4.69) is 20.8 Å². The molecule has 1 N–H and O–H groups in total. The summed E-state index contributed by atoms with van der Waals surface area (Å²) in [5.74, 6) is 0.584. The van der Waals surface area contributed by atoms with Gasteiger partial charge in [-0.05, 0) is 59.7 Å². The molecule has 0 radical (unpaired) electrons. The number of aromatic nitrogens is 4. The number of thioether (sulfide) groups is 1. The number of nitrogens with one attached hydrogen (secondary N) is 1. The lowest BCUT2D eigenvalue weighted by atomic mass is 10.2. The van der Waals surface area contributed by atoms with Crippen molar-refractivity contribution in [3.8, 4) is 11.4 Å². The van der Waals surface area contributed by atoms with Gasteiger partial charge in [-0.15, -0.1) is 5.10 Å². The molecule has 0 bridgehead atoms. The molecule has 27 heavy (non-hydrogen) atoms. The number of hydrogen-bond acceptors (Lipinski definition) is 6. The zero-order valence-corrected chi connectivity index (χ0v) is 16.6. The standard InChI is InChI=1S/C18H18ClN5O2S/c1-11-4-6-14(13(19)8-11)20-17(25)10-27-18-21-22-23-24(18)15-9-12(2)5-7-16(15)26-3/h4-9H,10H2,1-3H3,(H,20,25). The van der Waals surface area contributed by atoms with Crippen molar-refractivity contribution in [2.45, 2.75) is 19.0 Å². The molecule has 140 valence electrons. The Morgan fingerprint density at radius 2 is 1.96 bits per heavy atom. The van der Waals surface area contributed by atoms with Gasteiger partial charge in [0.1, 0.15) is 11.4 Å². The topological polar surface area (TPSA) is 81.9 Å². The number of ether oxygens (including phenoxy) is 1. The van der Waals surface area contributed by atoms with E-state index in [1.54, 1.807) is 23.9 Å². The summed E-state index contributed by atoms with van der Waals surface area (Å²) in [4.78, 5) is 12.3. The molecule has 0 spiro atoms. The van der Waals surface area contributed by atoms with Gasteiger partial charge in [0, 0.05) is 0 Å². The molecule has 0 unspecified atom stereocenters. The molecular formula is C18H18ClN5O2S. The number of rotatable bonds is 6. The third-order valence-electron chi connectivity index (χ3n) is 3.73. The lowest BCUT2D eigenvalue weighted by molar-refractivity contribution is -0.113. The smallest absolute Gasteiger partial charge is 0.234 e. The van der Waals surface area contributed by atoms with Crippen molar-refractivity contribution in [1.82, 2.24) is 20.2 Å². The second kappa shape index (κ2) is 8.41. The SMILES string of the molecule is COc1ccc(C)cc1-n1nnnc1SCC(=O)Nc1ccc(C)cc1Cl. The van der Waals surface area contributed by atoms with Crippen molar-refractivity contribution in [3.05, 3.63) is 52.5 Å². The third kappa shape index (κ3) is 4.58. The van der Waals surface area contributed by atoms with Crippen molar-refractivity contribution < 1.29 is 9.53 Å². The molecule has 9 heteroatoms. The predicted molar refractivity (Wildman–Crippen MR) is 106 cm³/mol. The van der Waals surface area contributed by atoms with Crippen LogP contribution in [0, 0.1) is 13.8 Å². The second-order valence-corrected chi connectivity index (χ2v) is 7.22. The number of hydrogen-bond donors (Lipinski definition) is 1. The van der Waals surface area contributed by atoms with Gasteiger partial charge in [-0.3, -0.25) is 4.79 Å². The van der Waals surface area contributed by atoms with Crippen LogP contribution in [0.25, 0.3) is 5.69 Å². The van der Waals surface area contributed by atoms with Crippen molar-refractivity contribution in [2.24, 2.45) is 0 Å². The van der Waals surface area contributed by atoms with Crippen LogP contribution in [0.5, 0.6) is 5.75 Å². The normalized spacial score (nSPS) is 10.7. The fraction of sp³-hybridized carbons (Fsp3) is 0.222. The number of tetrazole rings is 1. The van der Waals surface area contributed by atoms with E-state index in [-0.39, 0.29) is 11.7 Å². The highest BCUT2D eigenvalue weighted by Crippen LogP contribution is 2.27. The van der Waals surface area contributed by atoms with Crippen LogP contribution in [0.3, 0.4) is 0 Å². The number of benzene rings is 2. The quantitative estimate of drug-likeness (QED) is 0.632. The molecule has 0 aliphatic heterocycles. The number of halogens is 1. The summed E-state index contributed by atoms with van der Waals surface area (Å²) in [5, 5.41) is 15.5. The van der Waals surface area contributed by atoms with E-state index in [1.807, 2.05) is 38.1 Å². The van der Waals surface area contributed by atoms with Gasteiger partial charge in [0.2, 0.25) is 11.1 Å². The van der Waals surface area contributed by atoms with Crippen molar-refractivity contribution in [2.75, 3.05) is 18.2 Å². The first-order chi connectivity index (χ1) is 13.0. The second-order valence-electron chi connectivity index (χ2n) is 5.87. The average Bonchev–Trinajstić information content (AvgIpc) is 3.11. The van der Waals surface area contributed by atoms with Crippen molar-refractivity contribution in [3.63, 3.8) is 0 Å². The minimum Gasteiger partial charge on any atom is -0.494 e. The number of amides is 1. The largest absolute Gasteiger partial charge is 0.494 e. The van der Waals surface area contributed by atoms with E-state index in [1.165, 1.54) is 11.8 Å². The molecule has 7 nitrogen and oxygen atoms in total. The van der Waals surface area contributed by atoms with E-state index in [9.17, 15) is 4.79 Å². The minimum atomic E-state index is -0.198. The van der Waals surface area contributed by atoms with E-state index in [0.717, 1.165) is 11.1 Å². The van der Waals surface area contributed by atoms with Crippen LogP contribution in [0.1, 0.15) is 11.1 Å². The maximum absolute atomic E-state index is 12.3. The molecule has 0 atom stereocenters. The first kappa shape index (κ1) is 19.2. The number of carbonyl (C=O) groups excluding carboxylic acids is 1. The first-order valence-electron chi connectivity index (χ1n) is 8.10. The third-order valence-corrected chi connectivity index (χ3v) is 4.97. The van der Waals surface area contributed by atoms with Crippen LogP contribution in [-0.4, -0.2) is 39.0 Å². The number of methoxy groups -OCH3 is 1. The van der Waals surface area contributed by atoms with Crippen LogP contribution in [0.4, 0.5) is 5.69 Å². The minimum absolute atomic E-state index is 0.138. The maximum Gasteiger partial charge on any atom is 0.234 e. The molecule has 0 aliphatic carbocycles. The van der Waals surface area contributed by atoms with Gasteiger partial charge in [-0.1, -0.05) is 35.5 Å². The molecule has 3 rings (SSSR count). The molecule has 2 aromatic carbocycles. The summed E-state index contributed by atoms with van der Waals surface area (Å²) in [6.07, 6.45) is 0. The highest BCUT2D eigenvalue weighted by atomic mass is 35.5. The molecule has 1 amide bonds. The molecular weight excluding hydrogens is 386 g/mol. The number of anilines is 1. The summed E-state index contributed by atoms with van der Waals surface area (Å²) < 4.78 is 6.95. The van der Waals surface area contributed by atoms with Crippen LogP contribution in [0.2, 0.25) is 5.02 Å². The lowest BCUT2D eigenvalue weighted by Crippen LogP contribution is -2.15. The molecule has 1 aromatic heterocycles. The van der Waals surface area contributed by atoms with Crippen LogP contribution >= 0.6 is 23.4 Å².